The summed E-state index contributed by atoms with van der Waals surface area (Å²) in [5, 5.41) is 15.5. The van der Waals surface area contributed by atoms with E-state index in [1.54, 1.807) is 31.5 Å². The number of hydrogen-bond acceptors (Lipinski definition) is 5. The molecular formula is C16H22N4O3. The predicted molar refractivity (Wildman–Crippen MR) is 86.0 cm³/mol. The van der Waals surface area contributed by atoms with Gasteiger partial charge in [0.05, 0.1) is 30.9 Å². The summed E-state index contributed by atoms with van der Waals surface area (Å²) >= 11 is 0. The van der Waals surface area contributed by atoms with Crippen molar-refractivity contribution >= 4 is 11.7 Å². The summed E-state index contributed by atoms with van der Waals surface area (Å²) in [6.45, 7) is 7.61. The van der Waals surface area contributed by atoms with Gasteiger partial charge in [-0.3, -0.25) is 0 Å². The van der Waals surface area contributed by atoms with Crippen LogP contribution < -0.4 is 10.6 Å². The number of aromatic nitrogens is 2. The maximum atomic E-state index is 11.9. The third-order valence-electron chi connectivity index (χ3n) is 3.23. The molecule has 0 saturated carbocycles. The Labute approximate surface area is 135 Å². The van der Waals surface area contributed by atoms with Gasteiger partial charge in [0.1, 0.15) is 17.2 Å². The van der Waals surface area contributed by atoms with E-state index < -0.39 is 11.6 Å². The van der Waals surface area contributed by atoms with Crippen LogP contribution in [0.3, 0.4) is 0 Å². The van der Waals surface area contributed by atoms with Gasteiger partial charge in [0, 0.05) is 5.41 Å². The number of anilines is 1. The molecule has 2 heterocycles. The highest BCUT2D eigenvalue weighted by atomic mass is 16.4. The molecule has 7 heteroatoms. The fourth-order valence-corrected chi connectivity index (χ4v) is 1.88. The maximum Gasteiger partial charge on any atom is 0.319 e. The van der Waals surface area contributed by atoms with Gasteiger partial charge in [-0.25, -0.2) is 14.8 Å². The molecule has 2 aromatic heterocycles. The summed E-state index contributed by atoms with van der Waals surface area (Å²) in [5.41, 5.74) is -0.955. The van der Waals surface area contributed by atoms with E-state index in [-0.39, 0.29) is 12.0 Å². The van der Waals surface area contributed by atoms with E-state index in [4.69, 9.17) is 4.42 Å². The van der Waals surface area contributed by atoms with Crippen molar-refractivity contribution in [1.29, 1.82) is 0 Å². The van der Waals surface area contributed by atoms with Crippen molar-refractivity contribution in [3.63, 3.8) is 0 Å². The van der Waals surface area contributed by atoms with E-state index in [1.807, 2.05) is 20.8 Å². The molecule has 0 spiro atoms. The lowest BCUT2D eigenvalue weighted by atomic mass is 9.96. The number of hydrogen-bond donors (Lipinski definition) is 3. The van der Waals surface area contributed by atoms with Crippen molar-refractivity contribution < 1.29 is 14.3 Å². The molecule has 0 saturated heterocycles. The Kier molecular flexibility index (Phi) is 4.70. The SMILES string of the molecule is CC(C)(C)c1ncc(NC(=O)NCC(C)(O)c2ccco2)cn1. The molecule has 0 radical (unpaired) electrons. The summed E-state index contributed by atoms with van der Waals surface area (Å²) in [5.74, 6) is 1.08. The Morgan fingerprint density at radius 1 is 1.26 bits per heavy atom. The van der Waals surface area contributed by atoms with Gasteiger partial charge in [-0.2, -0.15) is 0 Å². The first kappa shape index (κ1) is 17.0. The predicted octanol–water partition coefficient (Wildman–Crippen LogP) is 2.40. The summed E-state index contributed by atoms with van der Waals surface area (Å²) in [7, 11) is 0. The number of furan rings is 1. The Hall–Kier alpha value is -2.41. The van der Waals surface area contributed by atoms with Crippen LogP contribution in [0.5, 0.6) is 0 Å². The first-order valence-electron chi connectivity index (χ1n) is 7.32. The summed E-state index contributed by atoms with van der Waals surface area (Å²) in [6, 6.07) is 2.88. The molecule has 2 amide bonds. The van der Waals surface area contributed by atoms with Crippen LogP contribution in [0.25, 0.3) is 0 Å². The molecule has 3 N–H and O–H groups in total. The average molecular weight is 318 g/mol. The molecule has 0 bridgehead atoms. The molecule has 0 aliphatic carbocycles. The average Bonchev–Trinajstić information content (AvgIpc) is 3.00. The quantitative estimate of drug-likeness (QED) is 0.803. The van der Waals surface area contributed by atoms with Gasteiger partial charge in [-0.05, 0) is 19.1 Å². The fourth-order valence-electron chi connectivity index (χ4n) is 1.88. The Balaban J connectivity index is 1.90. The van der Waals surface area contributed by atoms with Crippen LogP contribution in [0.2, 0.25) is 0 Å². The van der Waals surface area contributed by atoms with E-state index in [9.17, 15) is 9.90 Å². The van der Waals surface area contributed by atoms with Crippen molar-refractivity contribution in [3.05, 3.63) is 42.4 Å². The Bertz CT molecular complexity index is 643. The smallest absolute Gasteiger partial charge is 0.319 e. The van der Waals surface area contributed by atoms with Crippen LogP contribution in [0.15, 0.2) is 35.2 Å². The molecule has 1 unspecified atom stereocenters. The first-order chi connectivity index (χ1) is 10.7. The van der Waals surface area contributed by atoms with Gasteiger partial charge in [-0.15, -0.1) is 0 Å². The number of urea groups is 1. The number of nitrogens with one attached hydrogen (secondary N) is 2. The van der Waals surface area contributed by atoms with Crippen LogP contribution in [-0.2, 0) is 11.0 Å². The molecule has 7 nitrogen and oxygen atoms in total. The number of carbonyl (C=O) groups excluding carboxylic acids is 1. The monoisotopic (exact) mass is 318 g/mol. The molecule has 0 fully saturated rings. The highest BCUT2D eigenvalue weighted by molar-refractivity contribution is 5.88. The zero-order chi connectivity index (χ0) is 17.1. The van der Waals surface area contributed by atoms with Crippen molar-refractivity contribution in [2.45, 2.75) is 38.7 Å². The van der Waals surface area contributed by atoms with E-state index in [2.05, 4.69) is 20.6 Å². The lowest BCUT2D eigenvalue weighted by Crippen LogP contribution is -2.40. The molecule has 23 heavy (non-hydrogen) atoms. The number of nitrogens with zero attached hydrogens (tertiary/aromatic N) is 2. The topological polar surface area (TPSA) is 100 Å². The molecule has 1 atom stereocenters. The molecule has 2 rings (SSSR count). The number of rotatable bonds is 4. The van der Waals surface area contributed by atoms with Gasteiger partial charge in [0.25, 0.3) is 0 Å². The van der Waals surface area contributed by atoms with Crippen LogP contribution in [0.1, 0.15) is 39.3 Å². The Morgan fingerprint density at radius 2 is 1.91 bits per heavy atom. The van der Waals surface area contributed by atoms with E-state index >= 15 is 0 Å². The molecular weight excluding hydrogens is 296 g/mol. The van der Waals surface area contributed by atoms with Gasteiger partial charge in [0.15, 0.2) is 0 Å². The summed E-state index contributed by atoms with van der Waals surface area (Å²) in [6.07, 6.45) is 4.58. The zero-order valence-corrected chi connectivity index (χ0v) is 13.8. The van der Waals surface area contributed by atoms with E-state index in [1.165, 1.54) is 6.26 Å². The van der Waals surface area contributed by atoms with Crippen molar-refractivity contribution in [2.75, 3.05) is 11.9 Å². The molecule has 0 aliphatic heterocycles. The second-order valence-electron chi connectivity index (χ2n) is 6.60. The van der Waals surface area contributed by atoms with E-state index in [0.717, 1.165) is 0 Å². The first-order valence-corrected chi connectivity index (χ1v) is 7.32. The lowest BCUT2D eigenvalue weighted by molar-refractivity contribution is 0.0372. The number of amides is 2. The van der Waals surface area contributed by atoms with Crippen molar-refractivity contribution in [1.82, 2.24) is 15.3 Å². The van der Waals surface area contributed by atoms with Crippen molar-refractivity contribution in [2.24, 2.45) is 0 Å². The van der Waals surface area contributed by atoms with Gasteiger partial charge >= 0.3 is 6.03 Å². The minimum atomic E-state index is -1.28. The Morgan fingerprint density at radius 3 is 2.43 bits per heavy atom. The van der Waals surface area contributed by atoms with Gasteiger partial charge in [-0.1, -0.05) is 20.8 Å². The fraction of sp³-hybridized carbons (Fsp3) is 0.438. The largest absolute Gasteiger partial charge is 0.466 e. The van der Waals surface area contributed by atoms with Gasteiger partial charge in [0.2, 0.25) is 0 Å². The number of carbonyl (C=O) groups is 1. The van der Waals surface area contributed by atoms with Crippen LogP contribution in [0.4, 0.5) is 10.5 Å². The molecule has 124 valence electrons. The van der Waals surface area contributed by atoms with Gasteiger partial charge < -0.3 is 20.2 Å². The minimum Gasteiger partial charge on any atom is -0.466 e. The molecule has 0 aliphatic rings. The summed E-state index contributed by atoms with van der Waals surface area (Å²) in [4.78, 5) is 20.4. The second-order valence-corrected chi connectivity index (χ2v) is 6.60. The normalized spacial score (nSPS) is 14.1. The third kappa shape index (κ3) is 4.53. The van der Waals surface area contributed by atoms with Crippen LogP contribution >= 0.6 is 0 Å². The zero-order valence-electron chi connectivity index (χ0n) is 13.8. The van der Waals surface area contributed by atoms with Crippen LogP contribution in [-0.4, -0.2) is 27.7 Å². The lowest BCUT2D eigenvalue weighted by Gasteiger charge is -2.21. The molecule has 2 aromatic rings. The highest BCUT2D eigenvalue weighted by Gasteiger charge is 2.26. The second kappa shape index (κ2) is 6.37. The number of aliphatic hydroxyl groups is 1. The van der Waals surface area contributed by atoms with E-state index in [0.29, 0.717) is 17.3 Å². The maximum absolute atomic E-state index is 11.9. The molecule has 0 aromatic carbocycles. The standard InChI is InChI=1S/C16H22N4O3/c1-15(2,3)13-17-8-11(9-18-13)20-14(21)19-10-16(4,22)12-6-5-7-23-12/h5-9,22H,10H2,1-4H3,(H2,19,20,21). The third-order valence-corrected chi connectivity index (χ3v) is 3.23. The van der Waals surface area contributed by atoms with Crippen LogP contribution in [0, 0.1) is 0 Å². The summed E-state index contributed by atoms with van der Waals surface area (Å²) < 4.78 is 5.15. The highest BCUT2D eigenvalue weighted by Crippen LogP contribution is 2.20. The minimum absolute atomic E-state index is 0.00722. The van der Waals surface area contributed by atoms with Crippen molar-refractivity contribution in [3.8, 4) is 0 Å².